The van der Waals surface area contributed by atoms with Gasteiger partial charge in [-0.2, -0.15) is 0 Å². The number of nitrogens with zero attached hydrogens (tertiary/aromatic N) is 3. The van der Waals surface area contributed by atoms with Gasteiger partial charge in [0.05, 0.1) is 22.6 Å². The third-order valence-corrected chi connectivity index (χ3v) is 10.4. The van der Waals surface area contributed by atoms with Crippen molar-refractivity contribution in [1.29, 1.82) is 0 Å². The fraction of sp³-hybridized carbons (Fsp3) is 0.297. The van der Waals surface area contributed by atoms with E-state index in [2.05, 4.69) is 5.32 Å². The third-order valence-electron chi connectivity index (χ3n) is 8.40. The lowest BCUT2D eigenvalue weighted by Gasteiger charge is -2.34. The third kappa shape index (κ3) is 9.19. The number of nitro groups is 1. The highest BCUT2D eigenvalue weighted by Gasteiger charge is 2.36. The number of benzene rings is 4. The fourth-order valence-corrected chi connectivity index (χ4v) is 6.93. The molecule has 0 bridgehead atoms. The van der Waals surface area contributed by atoms with Crippen LogP contribution in [-0.2, 0) is 32.6 Å². The van der Waals surface area contributed by atoms with Gasteiger partial charge in [-0.3, -0.25) is 24.0 Å². The summed E-state index contributed by atoms with van der Waals surface area (Å²) < 4.78 is 35.3. The van der Waals surface area contributed by atoms with Gasteiger partial charge >= 0.3 is 0 Å². The maximum absolute atomic E-state index is 14.7. The van der Waals surface area contributed by atoms with Gasteiger partial charge in [-0.25, -0.2) is 8.42 Å². The first-order chi connectivity index (χ1) is 23.7. The number of nitrogens with one attached hydrogen (secondary N) is 1. The molecule has 2 atom stereocenters. The zero-order chi connectivity index (χ0) is 36.6. The van der Waals surface area contributed by atoms with Crippen molar-refractivity contribution in [2.24, 2.45) is 0 Å². The first-order valence-corrected chi connectivity index (χ1v) is 17.9. The van der Waals surface area contributed by atoms with E-state index in [1.807, 2.05) is 75.4 Å². The number of methoxy groups -OCH3 is 1. The molecule has 2 amide bonds. The molecule has 2 unspecified atom stereocenters. The van der Waals surface area contributed by atoms with Crippen molar-refractivity contribution < 1.29 is 27.7 Å². The Morgan fingerprint density at radius 1 is 0.960 bits per heavy atom. The number of aryl methyl sites for hydroxylation is 2. The van der Waals surface area contributed by atoms with Gasteiger partial charge in [0.2, 0.25) is 11.8 Å². The first kappa shape index (κ1) is 37.9. The van der Waals surface area contributed by atoms with Crippen molar-refractivity contribution in [3.63, 3.8) is 0 Å². The molecular formula is C37H41ClN4O7S. The molecule has 11 nitrogen and oxygen atoms in total. The summed E-state index contributed by atoms with van der Waals surface area (Å²) in [7, 11) is -3.33. The highest BCUT2D eigenvalue weighted by molar-refractivity contribution is 7.92. The van der Waals surface area contributed by atoms with Crippen molar-refractivity contribution >= 4 is 44.8 Å². The van der Waals surface area contributed by atoms with E-state index in [4.69, 9.17) is 16.3 Å². The van der Waals surface area contributed by atoms with E-state index in [0.717, 1.165) is 27.1 Å². The quantitative estimate of drug-likeness (QED) is 0.108. The molecule has 4 aromatic carbocycles. The van der Waals surface area contributed by atoms with Crippen LogP contribution in [0, 0.1) is 24.0 Å². The number of rotatable bonds is 15. The Morgan fingerprint density at radius 3 is 2.26 bits per heavy atom. The molecule has 0 spiro atoms. The largest absolute Gasteiger partial charge is 0.495 e. The molecule has 264 valence electrons. The minimum absolute atomic E-state index is 0.0128. The van der Waals surface area contributed by atoms with Crippen LogP contribution in [-0.4, -0.2) is 55.8 Å². The van der Waals surface area contributed by atoms with Crippen LogP contribution in [0.1, 0.15) is 42.5 Å². The minimum Gasteiger partial charge on any atom is -0.495 e. The summed E-state index contributed by atoms with van der Waals surface area (Å²) in [4.78, 5) is 40.9. The van der Waals surface area contributed by atoms with E-state index in [-0.39, 0.29) is 41.0 Å². The number of hydrogen-bond acceptors (Lipinski definition) is 7. The fourth-order valence-electron chi connectivity index (χ4n) is 5.33. The molecule has 4 rings (SSSR count). The predicted molar refractivity (Wildman–Crippen MR) is 194 cm³/mol. The van der Waals surface area contributed by atoms with Crippen LogP contribution in [0.25, 0.3) is 0 Å². The van der Waals surface area contributed by atoms with Gasteiger partial charge in [-0.15, -0.1) is 0 Å². The molecule has 0 heterocycles. The van der Waals surface area contributed by atoms with Gasteiger partial charge in [0.25, 0.3) is 15.7 Å². The first-order valence-electron chi connectivity index (χ1n) is 16.1. The second-order valence-corrected chi connectivity index (χ2v) is 14.4. The maximum Gasteiger partial charge on any atom is 0.273 e. The number of sulfonamides is 1. The van der Waals surface area contributed by atoms with Crippen LogP contribution in [0.4, 0.5) is 11.4 Å². The van der Waals surface area contributed by atoms with E-state index in [0.29, 0.717) is 6.42 Å². The van der Waals surface area contributed by atoms with Gasteiger partial charge < -0.3 is 15.0 Å². The zero-order valence-corrected chi connectivity index (χ0v) is 30.2. The molecule has 0 aliphatic rings. The standard InChI is InChI=1S/C37H41ClN4O7S/c1-6-27(4)39-37(44)34(20-28-10-8-7-9-11-28)40(23-29-15-12-25(2)13-16-29)36(43)24-41(33-21-30(38)17-19-35(33)49-5)50(47,48)31-18-14-26(3)32(22-31)42(45)46/h7-19,21-22,27,34H,6,20,23-24H2,1-5H3,(H,39,44). The number of anilines is 1. The number of amides is 2. The number of hydrogen-bond donors (Lipinski definition) is 1. The lowest BCUT2D eigenvalue weighted by molar-refractivity contribution is -0.385. The summed E-state index contributed by atoms with van der Waals surface area (Å²) in [5.74, 6) is -1.00. The van der Waals surface area contributed by atoms with Crippen LogP contribution >= 0.6 is 11.6 Å². The van der Waals surface area contributed by atoms with Crippen LogP contribution in [0.5, 0.6) is 5.75 Å². The summed E-state index contributed by atoms with van der Waals surface area (Å²) >= 11 is 6.35. The Morgan fingerprint density at radius 2 is 1.64 bits per heavy atom. The van der Waals surface area contributed by atoms with Gasteiger partial charge in [-0.1, -0.05) is 84.8 Å². The summed E-state index contributed by atoms with van der Waals surface area (Å²) in [5.41, 5.74) is 2.32. The van der Waals surface area contributed by atoms with E-state index in [9.17, 15) is 28.1 Å². The molecule has 0 aliphatic carbocycles. The average molecular weight is 721 g/mol. The number of nitro benzene ring substituents is 1. The molecule has 4 aromatic rings. The highest BCUT2D eigenvalue weighted by atomic mass is 35.5. The van der Waals surface area contributed by atoms with Crippen LogP contribution in [0.15, 0.2) is 95.9 Å². The van der Waals surface area contributed by atoms with Crippen LogP contribution in [0.2, 0.25) is 5.02 Å². The second-order valence-electron chi connectivity index (χ2n) is 12.1. The van der Waals surface area contributed by atoms with Crippen molar-refractivity contribution in [3.8, 4) is 5.75 Å². The monoisotopic (exact) mass is 720 g/mol. The van der Waals surface area contributed by atoms with Crippen molar-refractivity contribution in [3.05, 3.63) is 128 Å². The van der Waals surface area contributed by atoms with Crippen molar-refractivity contribution in [2.75, 3.05) is 18.0 Å². The Hall–Kier alpha value is -4.94. The van der Waals surface area contributed by atoms with Gasteiger partial charge in [0.15, 0.2) is 0 Å². The number of carbonyl (C=O) groups excluding carboxylic acids is 2. The average Bonchev–Trinajstić information content (AvgIpc) is 3.09. The van der Waals surface area contributed by atoms with Gasteiger partial charge in [-0.05, 0) is 62.6 Å². The Labute approximate surface area is 298 Å². The van der Waals surface area contributed by atoms with E-state index in [1.54, 1.807) is 0 Å². The Kier molecular flexibility index (Phi) is 12.6. The topological polar surface area (TPSA) is 139 Å². The Bertz CT molecular complexity index is 1940. The van der Waals surface area contributed by atoms with Crippen LogP contribution in [0.3, 0.4) is 0 Å². The molecule has 0 radical (unpaired) electrons. The SMILES string of the molecule is CCC(C)NC(=O)C(Cc1ccccc1)N(Cc1ccc(C)cc1)C(=O)CN(c1cc(Cl)ccc1OC)S(=O)(=O)c1ccc(C)c([N+](=O)[O-])c1. The number of carbonyl (C=O) groups is 2. The second kappa shape index (κ2) is 16.6. The molecule has 50 heavy (non-hydrogen) atoms. The normalized spacial score (nSPS) is 12.4. The molecule has 0 aliphatic heterocycles. The van der Waals surface area contributed by atoms with E-state index < -0.39 is 49.9 Å². The molecule has 0 aromatic heterocycles. The van der Waals surface area contributed by atoms with Crippen molar-refractivity contribution in [1.82, 2.24) is 10.2 Å². The van der Waals surface area contributed by atoms with E-state index >= 15 is 0 Å². The lowest BCUT2D eigenvalue weighted by atomic mass is 10.0. The Balaban J connectivity index is 1.89. The minimum atomic E-state index is -4.67. The molecule has 1 N–H and O–H groups in total. The van der Waals surface area contributed by atoms with Gasteiger partial charge in [0.1, 0.15) is 18.3 Å². The lowest BCUT2D eigenvalue weighted by Crippen LogP contribution is -2.54. The summed E-state index contributed by atoms with van der Waals surface area (Å²) in [6, 6.07) is 23.3. The molecular weight excluding hydrogens is 680 g/mol. The molecule has 0 saturated heterocycles. The van der Waals surface area contributed by atoms with E-state index in [1.165, 1.54) is 49.3 Å². The molecule has 0 fully saturated rings. The number of ether oxygens (including phenoxy) is 1. The van der Waals surface area contributed by atoms with Gasteiger partial charge in [0, 0.05) is 35.7 Å². The zero-order valence-electron chi connectivity index (χ0n) is 28.6. The summed E-state index contributed by atoms with van der Waals surface area (Å²) in [5, 5.41) is 15.0. The summed E-state index contributed by atoms with van der Waals surface area (Å²) in [6.45, 7) is 6.43. The van der Waals surface area contributed by atoms with Crippen LogP contribution < -0.4 is 14.4 Å². The molecule has 0 saturated carbocycles. The predicted octanol–water partition coefficient (Wildman–Crippen LogP) is 6.62. The van der Waals surface area contributed by atoms with Crippen molar-refractivity contribution in [2.45, 2.75) is 64.1 Å². The summed E-state index contributed by atoms with van der Waals surface area (Å²) in [6.07, 6.45) is 0.803. The molecule has 13 heteroatoms. The maximum atomic E-state index is 14.7. The smallest absolute Gasteiger partial charge is 0.273 e. The number of halogens is 1. The highest BCUT2D eigenvalue weighted by Crippen LogP contribution is 2.36.